The van der Waals surface area contributed by atoms with Gasteiger partial charge in [-0.3, -0.25) is 4.79 Å². The molecule has 1 aliphatic heterocycles. The number of hydrogen-bond acceptors (Lipinski definition) is 6. The van der Waals surface area contributed by atoms with Crippen molar-refractivity contribution >= 4 is 34.1 Å². The largest absolute Gasteiger partial charge is 0.360 e. The van der Waals surface area contributed by atoms with Crippen LogP contribution in [0.4, 0.5) is 5.13 Å². The third-order valence-corrected chi connectivity index (χ3v) is 5.39. The first kappa shape index (κ1) is 15.6. The SMILES string of the molecule is CCCNc1nnc(SCC(=O)N2CCC(C)CC2)s1. The van der Waals surface area contributed by atoms with E-state index in [4.69, 9.17) is 0 Å². The lowest BCUT2D eigenvalue weighted by atomic mass is 9.99. The number of carbonyl (C=O) groups is 1. The summed E-state index contributed by atoms with van der Waals surface area (Å²) in [5, 5.41) is 12.2. The molecule has 0 spiro atoms. The molecule has 5 nitrogen and oxygen atoms in total. The Hall–Kier alpha value is -0.820. The summed E-state index contributed by atoms with van der Waals surface area (Å²) in [7, 11) is 0. The lowest BCUT2D eigenvalue weighted by Crippen LogP contribution is -2.38. The Bertz CT molecular complexity index is 430. The van der Waals surface area contributed by atoms with E-state index in [2.05, 4.69) is 29.4 Å². The molecule has 1 N–H and O–H groups in total. The fourth-order valence-corrected chi connectivity index (χ4v) is 3.72. The molecule has 1 aromatic rings. The minimum Gasteiger partial charge on any atom is -0.360 e. The van der Waals surface area contributed by atoms with Crippen molar-refractivity contribution < 1.29 is 4.79 Å². The summed E-state index contributed by atoms with van der Waals surface area (Å²) in [6.45, 7) is 7.08. The number of carbonyl (C=O) groups excluding carboxylic acids is 1. The number of thioether (sulfide) groups is 1. The second kappa shape index (κ2) is 7.83. The molecule has 2 rings (SSSR count). The number of rotatable bonds is 6. The molecule has 0 aromatic carbocycles. The molecule has 1 aromatic heterocycles. The van der Waals surface area contributed by atoms with E-state index in [-0.39, 0.29) is 5.91 Å². The van der Waals surface area contributed by atoms with Crippen molar-refractivity contribution in [3.8, 4) is 0 Å². The van der Waals surface area contributed by atoms with Gasteiger partial charge in [0.2, 0.25) is 11.0 Å². The minimum absolute atomic E-state index is 0.222. The maximum atomic E-state index is 12.1. The van der Waals surface area contributed by atoms with Crippen LogP contribution in [0.1, 0.15) is 33.1 Å². The van der Waals surface area contributed by atoms with Crippen LogP contribution in [-0.2, 0) is 4.79 Å². The Morgan fingerprint density at radius 1 is 1.45 bits per heavy atom. The third-order valence-electron chi connectivity index (χ3n) is 3.39. The highest BCUT2D eigenvalue weighted by molar-refractivity contribution is 8.01. The van der Waals surface area contributed by atoms with E-state index in [0.29, 0.717) is 5.75 Å². The Morgan fingerprint density at radius 2 is 2.20 bits per heavy atom. The van der Waals surface area contributed by atoms with Gasteiger partial charge in [-0.1, -0.05) is 36.9 Å². The summed E-state index contributed by atoms with van der Waals surface area (Å²) in [5.74, 6) is 1.44. The fraction of sp³-hybridized carbons (Fsp3) is 0.769. The molecule has 0 atom stereocenters. The van der Waals surface area contributed by atoms with Crippen molar-refractivity contribution in [2.24, 2.45) is 5.92 Å². The molecule has 1 fully saturated rings. The summed E-state index contributed by atoms with van der Waals surface area (Å²) in [6, 6.07) is 0. The second-order valence-corrected chi connectivity index (χ2v) is 7.35. The molecule has 112 valence electrons. The van der Waals surface area contributed by atoms with Crippen LogP contribution in [0.15, 0.2) is 4.34 Å². The predicted octanol–water partition coefficient (Wildman–Crippen LogP) is 2.71. The molecule has 2 heterocycles. The second-order valence-electron chi connectivity index (χ2n) is 5.15. The molecule has 1 amide bonds. The highest BCUT2D eigenvalue weighted by Gasteiger charge is 2.20. The summed E-state index contributed by atoms with van der Waals surface area (Å²) < 4.78 is 0.863. The van der Waals surface area contributed by atoms with Gasteiger partial charge in [-0.25, -0.2) is 0 Å². The Labute approximate surface area is 128 Å². The monoisotopic (exact) mass is 314 g/mol. The van der Waals surface area contributed by atoms with Crippen molar-refractivity contribution in [1.29, 1.82) is 0 Å². The zero-order valence-corrected chi connectivity index (χ0v) is 13.7. The zero-order chi connectivity index (χ0) is 14.4. The van der Waals surface area contributed by atoms with Crippen molar-refractivity contribution in [2.75, 3.05) is 30.7 Å². The smallest absolute Gasteiger partial charge is 0.233 e. The van der Waals surface area contributed by atoms with Crippen molar-refractivity contribution in [1.82, 2.24) is 15.1 Å². The molecule has 7 heteroatoms. The Balaban J connectivity index is 1.74. The number of anilines is 1. The molecule has 0 aliphatic carbocycles. The number of likely N-dealkylation sites (tertiary alicyclic amines) is 1. The maximum Gasteiger partial charge on any atom is 0.233 e. The maximum absolute atomic E-state index is 12.1. The van der Waals surface area contributed by atoms with Crippen LogP contribution in [-0.4, -0.2) is 46.4 Å². The van der Waals surface area contributed by atoms with Gasteiger partial charge < -0.3 is 10.2 Å². The van der Waals surface area contributed by atoms with E-state index in [1.54, 1.807) is 0 Å². The van der Waals surface area contributed by atoms with Crippen LogP contribution in [0.25, 0.3) is 0 Å². The predicted molar refractivity (Wildman–Crippen MR) is 84.4 cm³/mol. The van der Waals surface area contributed by atoms with Gasteiger partial charge in [0, 0.05) is 19.6 Å². The lowest BCUT2D eigenvalue weighted by molar-refractivity contribution is -0.129. The van der Waals surface area contributed by atoms with E-state index in [9.17, 15) is 4.79 Å². The average Bonchev–Trinajstić information content (AvgIpc) is 2.91. The summed E-state index contributed by atoms with van der Waals surface area (Å²) in [6.07, 6.45) is 3.31. The fourth-order valence-electron chi connectivity index (χ4n) is 2.04. The lowest BCUT2D eigenvalue weighted by Gasteiger charge is -2.30. The number of aromatic nitrogens is 2. The van der Waals surface area contributed by atoms with Gasteiger partial charge in [-0.2, -0.15) is 0 Å². The van der Waals surface area contributed by atoms with Gasteiger partial charge in [-0.05, 0) is 25.2 Å². The van der Waals surface area contributed by atoms with Gasteiger partial charge >= 0.3 is 0 Å². The highest BCUT2D eigenvalue weighted by Crippen LogP contribution is 2.26. The van der Waals surface area contributed by atoms with Crippen LogP contribution in [0, 0.1) is 5.92 Å². The van der Waals surface area contributed by atoms with Crippen LogP contribution in [0.2, 0.25) is 0 Å². The Kier molecular flexibility index (Phi) is 6.09. The van der Waals surface area contributed by atoms with Crippen LogP contribution in [0.3, 0.4) is 0 Å². The highest BCUT2D eigenvalue weighted by atomic mass is 32.2. The molecule has 20 heavy (non-hydrogen) atoms. The van der Waals surface area contributed by atoms with E-state index in [0.717, 1.165) is 54.3 Å². The van der Waals surface area contributed by atoms with Crippen molar-refractivity contribution in [3.05, 3.63) is 0 Å². The van der Waals surface area contributed by atoms with Crippen LogP contribution >= 0.6 is 23.1 Å². The Morgan fingerprint density at radius 3 is 2.90 bits per heavy atom. The molecule has 0 bridgehead atoms. The van der Waals surface area contributed by atoms with Crippen molar-refractivity contribution in [3.63, 3.8) is 0 Å². The van der Waals surface area contributed by atoms with E-state index < -0.39 is 0 Å². The first-order valence-electron chi connectivity index (χ1n) is 7.17. The molecule has 0 saturated carbocycles. The first-order valence-corrected chi connectivity index (χ1v) is 8.97. The third kappa shape index (κ3) is 4.63. The number of piperidine rings is 1. The van der Waals surface area contributed by atoms with Crippen LogP contribution in [0.5, 0.6) is 0 Å². The first-order chi connectivity index (χ1) is 9.69. The van der Waals surface area contributed by atoms with Gasteiger partial charge in [0.05, 0.1) is 5.75 Å². The normalized spacial score (nSPS) is 16.4. The van der Waals surface area contributed by atoms with E-state index in [1.807, 2.05) is 4.90 Å². The molecule has 1 saturated heterocycles. The zero-order valence-electron chi connectivity index (χ0n) is 12.1. The number of amides is 1. The van der Waals surface area contributed by atoms with Gasteiger partial charge in [-0.15, -0.1) is 10.2 Å². The van der Waals surface area contributed by atoms with Gasteiger partial charge in [0.25, 0.3) is 0 Å². The number of nitrogens with zero attached hydrogens (tertiary/aromatic N) is 3. The van der Waals surface area contributed by atoms with Gasteiger partial charge in [0.15, 0.2) is 4.34 Å². The molecule has 0 radical (unpaired) electrons. The van der Waals surface area contributed by atoms with E-state index >= 15 is 0 Å². The van der Waals surface area contributed by atoms with Crippen LogP contribution < -0.4 is 5.32 Å². The van der Waals surface area contributed by atoms with E-state index in [1.165, 1.54) is 23.1 Å². The summed E-state index contributed by atoms with van der Waals surface area (Å²) >= 11 is 3.01. The number of nitrogens with one attached hydrogen (secondary N) is 1. The molecular weight excluding hydrogens is 292 g/mol. The summed E-state index contributed by atoms with van der Waals surface area (Å²) in [5.41, 5.74) is 0. The molecule has 0 unspecified atom stereocenters. The summed E-state index contributed by atoms with van der Waals surface area (Å²) in [4.78, 5) is 14.1. The number of hydrogen-bond donors (Lipinski definition) is 1. The average molecular weight is 314 g/mol. The minimum atomic E-state index is 0.222. The van der Waals surface area contributed by atoms with Gasteiger partial charge in [0.1, 0.15) is 0 Å². The molecular formula is C13H22N4OS2. The quantitative estimate of drug-likeness (QED) is 0.818. The molecule has 1 aliphatic rings. The van der Waals surface area contributed by atoms with Crippen molar-refractivity contribution in [2.45, 2.75) is 37.4 Å². The standard InChI is InChI=1S/C13H22N4OS2/c1-3-6-14-12-15-16-13(20-12)19-9-11(18)17-7-4-10(2)5-8-17/h10H,3-9H2,1-2H3,(H,14,15). The topological polar surface area (TPSA) is 58.1 Å².